The molecule has 5 heterocycles. The number of H-pyrrole nitrogens is 1. The molecule has 88 heavy (non-hydrogen) atoms. The Morgan fingerprint density at radius 2 is 1.53 bits per heavy atom. The van der Waals surface area contributed by atoms with Crippen LogP contribution in [0.3, 0.4) is 0 Å². The molecule has 472 valence electrons. The Morgan fingerprint density at radius 3 is 2.20 bits per heavy atom. The monoisotopic (exact) mass is 1240 g/mol. The zero-order valence-electron chi connectivity index (χ0n) is 50.4. The van der Waals surface area contributed by atoms with E-state index in [9.17, 15) is 56.2 Å². The number of likely N-dealkylation sites (N-methyl/N-ethyl adjacent to an activating group) is 1. The first-order valence-corrected chi connectivity index (χ1v) is 31.1. The lowest BCUT2D eigenvalue weighted by Gasteiger charge is -2.36. The van der Waals surface area contributed by atoms with Crippen LogP contribution in [0, 0.1) is 12.3 Å². The first kappa shape index (κ1) is 64.9. The van der Waals surface area contributed by atoms with E-state index in [0.29, 0.717) is 94.6 Å². The topological polar surface area (TPSA) is 233 Å². The number of anilines is 2. The average molecular weight is 1240 g/mol. The third-order valence-electron chi connectivity index (χ3n) is 17.0. The number of carbonyl (C=O) groups is 6. The first-order valence-electron chi connectivity index (χ1n) is 30.2. The Morgan fingerprint density at radius 1 is 0.841 bits per heavy atom. The first-order chi connectivity index (χ1) is 41.8. The molecule has 24 heteroatoms. The number of carbonyl (C=O) groups excluding carboxylic acids is 6. The molecule has 0 bridgehead atoms. The van der Waals surface area contributed by atoms with Crippen molar-refractivity contribution in [1.29, 1.82) is 0 Å². The molecule has 3 saturated heterocycles. The fourth-order valence-electron chi connectivity index (χ4n) is 11.6. The van der Waals surface area contributed by atoms with E-state index in [0.717, 1.165) is 65.0 Å². The quantitative estimate of drug-likeness (QED) is 0.0293. The fourth-order valence-corrected chi connectivity index (χ4v) is 12.4. The van der Waals surface area contributed by atoms with Gasteiger partial charge in [-0.15, -0.1) is 11.3 Å². The van der Waals surface area contributed by atoms with Crippen LogP contribution in [-0.4, -0.2) is 166 Å². The Hall–Kier alpha value is -7.54. The van der Waals surface area contributed by atoms with Gasteiger partial charge in [-0.3, -0.25) is 38.5 Å². The summed E-state index contributed by atoms with van der Waals surface area (Å²) in [6.45, 7) is 13.2. The minimum absolute atomic E-state index is 0.0643. The maximum Gasteiger partial charge on any atom is 0.417 e. The number of unbranched alkanes of at least 4 members (excludes halogenated alkanes) is 3. The number of hydrogen-bond acceptors (Lipinski definition) is 13. The molecule has 4 aliphatic rings. The Balaban J connectivity index is 0.737. The van der Waals surface area contributed by atoms with Gasteiger partial charge in [0.15, 0.2) is 5.67 Å². The number of aliphatic hydroxyl groups is 1. The number of pyridine rings is 1. The summed E-state index contributed by atoms with van der Waals surface area (Å²) in [5, 5.41) is 22.1. The van der Waals surface area contributed by atoms with Gasteiger partial charge in [0.2, 0.25) is 29.2 Å². The SMILES string of the molecule is Cc1ncsc1-c1ccc(C(CC(=O)NCCCCCCC(=O)N2CCN(Cc3cccc(-c4ccc(N5CCN(C)CC5)c(NC(=O)c5c[nH]c(=O)cc5C(F)(F)F)c4)c3)CC2)NC(=O)[C@@H]2C[C@@H](O)CN2C(=O)C(NC(=O)C2(F)CC2)C(C)(C)C)cc1. The summed E-state index contributed by atoms with van der Waals surface area (Å²) in [5.41, 5.74) is 1.95. The zero-order valence-corrected chi connectivity index (χ0v) is 51.3. The molecule has 4 fully saturated rings. The van der Waals surface area contributed by atoms with E-state index in [-0.39, 0.29) is 44.0 Å². The highest BCUT2D eigenvalue weighted by Gasteiger charge is 2.53. The van der Waals surface area contributed by atoms with Crippen LogP contribution >= 0.6 is 11.3 Å². The highest BCUT2D eigenvalue weighted by Crippen LogP contribution is 2.41. The second-order valence-electron chi connectivity index (χ2n) is 24.8. The van der Waals surface area contributed by atoms with Gasteiger partial charge in [-0.2, -0.15) is 13.2 Å². The minimum Gasteiger partial charge on any atom is -0.391 e. The summed E-state index contributed by atoms with van der Waals surface area (Å²) >= 11 is 1.50. The number of aryl methyl sites for hydroxylation is 1. The number of nitrogens with one attached hydrogen (secondary N) is 5. The van der Waals surface area contributed by atoms with Crippen LogP contribution in [-0.2, 0) is 36.7 Å². The Labute approximate surface area is 513 Å². The smallest absolute Gasteiger partial charge is 0.391 e. The van der Waals surface area contributed by atoms with Crippen molar-refractivity contribution in [2.24, 2.45) is 5.41 Å². The average Bonchev–Trinajstić information content (AvgIpc) is 1.70. The van der Waals surface area contributed by atoms with Gasteiger partial charge in [-0.1, -0.05) is 82.1 Å². The number of β-amino-alcohol motifs (C(OH)–C–C–N with tert-alkyl or cyclic N) is 1. The van der Waals surface area contributed by atoms with Gasteiger partial charge in [0.1, 0.15) is 12.1 Å². The summed E-state index contributed by atoms with van der Waals surface area (Å²) in [7, 11) is 2.01. The Bertz CT molecular complexity index is 3390. The number of piperazine rings is 2. The van der Waals surface area contributed by atoms with Crippen molar-refractivity contribution in [2.75, 3.05) is 82.7 Å². The van der Waals surface area contributed by atoms with Gasteiger partial charge < -0.3 is 51.0 Å². The van der Waals surface area contributed by atoms with Crippen LogP contribution in [0.2, 0.25) is 0 Å². The molecule has 4 atom stereocenters. The molecule has 2 aromatic heterocycles. The van der Waals surface area contributed by atoms with Crippen molar-refractivity contribution in [3.05, 3.63) is 123 Å². The minimum atomic E-state index is -4.93. The lowest BCUT2D eigenvalue weighted by Crippen LogP contribution is -2.59. The molecule has 3 aromatic carbocycles. The summed E-state index contributed by atoms with van der Waals surface area (Å²) in [4.78, 5) is 111. The Kier molecular flexibility index (Phi) is 20.6. The normalized spacial score (nSPS) is 18.8. The molecule has 5 aromatic rings. The number of rotatable bonds is 22. The fraction of sp³-hybridized carbons (Fsp3) is 0.500. The second-order valence-corrected chi connectivity index (χ2v) is 25.6. The maximum atomic E-state index is 14.8. The summed E-state index contributed by atoms with van der Waals surface area (Å²) < 4.78 is 56.8. The molecule has 6 N–H and O–H groups in total. The van der Waals surface area contributed by atoms with Crippen molar-refractivity contribution in [2.45, 2.75) is 128 Å². The molecule has 2 unspecified atom stereocenters. The van der Waals surface area contributed by atoms with E-state index in [1.165, 1.54) is 16.2 Å². The van der Waals surface area contributed by atoms with Crippen LogP contribution in [0.5, 0.6) is 0 Å². The number of alkyl halides is 4. The van der Waals surface area contributed by atoms with Crippen molar-refractivity contribution < 1.29 is 51.4 Å². The number of benzene rings is 3. The number of amides is 6. The predicted molar refractivity (Wildman–Crippen MR) is 328 cm³/mol. The highest BCUT2D eigenvalue weighted by atomic mass is 32.1. The standard InChI is InChI=1S/C64H79F4N11O8S/c1-40-56(88-39-71-40)43-16-14-42(15-17-43)49(72-59(85)52-33-46(80)38-79(52)60(86)57(62(2,3)4)74-61(87)63(65)20-21-63)35-54(82)69-22-9-7-6-8-13-55(83)78-29-25-76(26-30-78)37-41-11-10-12-44(31-41)45-18-19-51(77-27-23-75(5)24-28-77)50(32-45)73-58(84)47-36-70-53(81)34-48(47)64(66,67)68/h10-12,14-19,31-32,34,36,39,46,49,52,57,80H,6-9,13,20-30,33,35,37-38H2,1-5H3,(H,69,82)(H,70,81)(H,72,85)(H,73,84)(H,74,87)/t46-,49?,52+,57?/m1/s1. The predicted octanol–water partition coefficient (Wildman–Crippen LogP) is 7.45. The molecule has 9 rings (SSSR count). The summed E-state index contributed by atoms with van der Waals surface area (Å²) in [5.74, 6) is -3.30. The molecule has 1 aliphatic carbocycles. The number of aromatic amines is 1. The molecule has 0 spiro atoms. The lowest BCUT2D eigenvalue weighted by molar-refractivity contribution is -0.145. The maximum absolute atomic E-state index is 14.8. The molecule has 6 amide bonds. The number of likely N-dealkylation sites (tertiary alicyclic amines) is 1. The van der Waals surface area contributed by atoms with Gasteiger partial charge in [-0.05, 0) is 91.1 Å². The zero-order chi connectivity index (χ0) is 63.1. The lowest BCUT2D eigenvalue weighted by atomic mass is 9.85. The number of aromatic nitrogens is 2. The van der Waals surface area contributed by atoms with E-state index >= 15 is 0 Å². The molecule has 0 radical (unpaired) electrons. The molecule has 19 nitrogen and oxygen atoms in total. The number of aliphatic hydroxyl groups excluding tert-OH is 1. The van der Waals surface area contributed by atoms with E-state index < -0.39 is 81.8 Å². The van der Waals surface area contributed by atoms with Gasteiger partial charge in [-0.25, -0.2) is 9.37 Å². The van der Waals surface area contributed by atoms with Crippen LogP contribution in [0.25, 0.3) is 21.6 Å². The number of nitrogens with zero attached hydrogens (tertiary/aromatic N) is 6. The summed E-state index contributed by atoms with van der Waals surface area (Å²) in [6, 6.07) is 18.2. The van der Waals surface area contributed by atoms with Crippen molar-refractivity contribution >= 4 is 58.2 Å². The van der Waals surface area contributed by atoms with E-state index in [4.69, 9.17) is 0 Å². The third-order valence-corrected chi connectivity index (χ3v) is 17.9. The van der Waals surface area contributed by atoms with Crippen LogP contribution in [0.1, 0.15) is 117 Å². The second kappa shape index (κ2) is 27.9. The number of hydrogen-bond donors (Lipinski definition) is 6. The molecule has 3 aliphatic heterocycles. The van der Waals surface area contributed by atoms with Gasteiger partial charge in [0, 0.05) is 97.1 Å². The molecular formula is C64H79F4N11O8S. The van der Waals surface area contributed by atoms with Crippen molar-refractivity contribution in [3.8, 4) is 21.6 Å². The molecule has 1 saturated carbocycles. The largest absolute Gasteiger partial charge is 0.417 e. The third kappa shape index (κ3) is 16.4. The van der Waals surface area contributed by atoms with Crippen LogP contribution in [0.4, 0.5) is 28.9 Å². The van der Waals surface area contributed by atoms with Gasteiger partial charge in [0.05, 0.1) is 57.1 Å². The van der Waals surface area contributed by atoms with Crippen molar-refractivity contribution in [3.63, 3.8) is 0 Å². The van der Waals surface area contributed by atoms with E-state index in [1.807, 2.05) is 79.5 Å². The van der Waals surface area contributed by atoms with E-state index in [2.05, 4.69) is 45.9 Å². The highest BCUT2D eigenvalue weighted by molar-refractivity contribution is 7.13. The van der Waals surface area contributed by atoms with Crippen LogP contribution in [0.15, 0.2) is 89.3 Å². The summed E-state index contributed by atoms with van der Waals surface area (Å²) in [6.07, 6.45) is -1.95. The van der Waals surface area contributed by atoms with E-state index in [1.54, 1.807) is 32.3 Å². The molecular weight excluding hydrogens is 1160 g/mol. The van der Waals surface area contributed by atoms with Gasteiger partial charge >= 0.3 is 6.18 Å². The number of thiazole rings is 1. The van der Waals surface area contributed by atoms with Crippen LogP contribution < -0.4 is 31.7 Å². The van der Waals surface area contributed by atoms with Crippen molar-refractivity contribution in [1.82, 2.24) is 45.5 Å². The van der Waals surface area contributed by atoms with Gasteiger partial charge in [0.25, 0.3) is 11.8 Å². The number of halogens is 4.